The molecule has 0 bridgehead atoms. The molecule has 2 aromatic heterocycles. The summed E-state index contributed by atoms with van der Waals surface area (Å²) in [7, 11) is 0. The molecule has 4 aromatic rings. The average Bonchev–Trinajstić information content (AvgIpc) is 2.93. The highest BCUT2D eigenvalue weighted by atomic mass is 16.1. The fourth-order valence-corrected chi connectivity index (χ4v) is 2.82. The molecule has 3 heteroatoms. The minimum atomic E-state index is 0.112. The molecular formula is C19H15N2O+. The normalized spacial score (nSPS) is 11.1. The van der Waals surface area contributed by atoms with Crippen molar-refractivity contribution in [3.63, 3.8) is 0 Å². The molecule has 2 heterocycles. The molecule has 1 N–H and O–H groups in total. The third kappa shape index (κ3) is 2.17. The number of Topliss-reactive ketones (excluding diaryl/α,β-unsaturated/α-hetero) is 1. The molecule has 2 aromatic carbocycles. The van der Waals surface area contributed by atoms with E-state index in [0.29, 0.717) is 6.54 Å². The van der Waals surface area contributed by atoms with Gasteiger partial charge in [0.15, 0.2) is 12.4 Å². The highest BCUT2D eigenvalue weighted by Gasteiger charge is 2.13. The maximum Gasteiger partial charge on any atom is 0.227 e. The molecule has 0 aliphatic rings. The summed E-state index contributed by atoms with van der Waals surface area (Å²) in [5, 5.41) is 2.39. The number of H-pyrrole nitrogens is 1. The van der Waals surface area contributed by atoms with Crippen molar-refractivity contribution >= 4 is 27.6 Å². The monoisotopic (exact) mass is 287 g/mol. The topological polar surface area (TPSA) is 36.7 Å². The van der Waals surface area contributed by atoms with Gasteiger partial charge in [0.1, 0.15) is 5.52 Å². The van der Waals surface area contributed by atoms with Gasteiger partial charge in [-0.3, -0.25) is 4.79 Å². The lowest BCUT2D eigenvalue weighted by Crippen LogP contribution is -2.37. The second kappa shape index (κ2) is 5.11. The fourth-order valence-electron chi connectivity index (χ4n) is 2.82. The number of aromatic nitrogens is 2. The van der Waals surface area contributed by atoms with E-state index < -0.39 is 0 Å². The van der Waals surface area contributed by atoms with Crippen LogP contribution in [-0.4, -0.2) is 10.8 Å². The van der Waals surface area contributed by atoms with Crippen molar-refractivity contribution in [2.75, 3.05) is 0 Å². The van der Waals surface area contributed by atoms with Gasteiger partial charge >= 0.3 is 0 Å². The van der Waals surface area contributed by atoms with Crippen molar-refractivity contribution < 1.29 is 9.36 Å². The Balaban J connectivity index is 1.71. The number of ketones is 1. The number of carbonyl (C=O) groups excluding carboxylic acids is 1. The molecule has 106 valence electrons. The maximum atomic E-state index is 12.3. The number of aromatic amines is 1. The Morgan fingerprint density at radius 2 is 1.59 bits per heavy atom. The summed E-state index contributed by atoms with van der Waals surface area (Å²) in [6.07, 6.45) is 3.96. The number of nitrogens with zero attached hydrogens (tertiary/aromatic N) is 1. The highest BCUT2D eigenvalue weighted by Crippen LogP contribution is 2.23. The van der Waals surface area contributed by atoms with Gasteiger partial charge in [0, 0.05) is 27.9 Å². The standard InChI is InChI=1S/C19H14N2O/c22-19(14-6-2-1-3-7-14)13-21-11-10-16-15-8-4-5-9-17(15)20-18(16)12-21/h1-12H,13H2/p+1. The molecule has 4 rings (SSSR count). The van der Waals surface area contributed by atoms with Crippen LogP contribution in [0.2, 0.25) is 0 Å². The zero-order chi connectivity index (χ0) is 14.9. The summed E-state index contributed by atoms with van der Waals surface area (Å²) in [6, 6.07) is 19.7. The summed E-state index contributed by atoms with van der Waals surface area (Å²) in [5.74, 6) is 0.112. The second-order valence-corrected chi connectivity index (χ2v) is 5.40. The average molecular weight is 287 g/mol. The lowest BCUT2D eigenvalue weighted by Gasteiger charge is -1.98. The van der Waals surface area contributed by atoms with Gasteiger partial charge in [-0.05, 0) is 6.07 Å². The first-order valence-corrected chi connectivity index (χ1v) is 7.29. The molecule has 0 radical (unpaired) electrons. The summed E-state index contributed by atoms with van der Waals surface area (Å²) in [5.41, 5.74) is 2.90. The molecule has 0 saturated heterocycles. The molecule has 0 amide bonds. The van der Waals surface area contributed by atoms with Crippen LogP contribution in [0.1, 0.15) is 10.4 Å². The van der Waals surface area contributed by atoms with Crippen molar-refractivity contribution in [1.82, 2.24) is 4.98 Å². The van der Waals surface area contributed by atoms with Gasteiger partial charge in [-0.1, -0.05) is 48.5 Å². The first-order chi connectivity index (χ1) is 10.8. The van der Waals surface area contributed by atoms with E-state index in [1.807, 2.05) is 59.4 Å². The molecule has 0 fully saturated rings. The Bertz CT molecular complexity index is 970. The predicted octanol–water partition coefficient (Wildman–Crippen LogP) is 3.49. The first-order valence-electron chi connectivity index (χ1n) is 7.29. The van der Waals surface area contributed by atoms with Gasteiger partial charge in [0.05, 0.1) is 0 Å². The zero-order valence-electron chi connectivity index (χ0n) is 12.0. The number of rotatable bonds is 3. The van der Waals surface area contributed by atoms with E-state index in [1.165, 1.54) is 10.8 Å². The third-order valence-electron chi connectivity index (χ3n) is 3.93. The summed E-state index contributed by atoms with van der Waals surface area (Å²) >= 11 is 0. The van der Waals surface area contributed by atoms with Gasteiger partial charge in [0.2, 0.25) is 12.3 Å². The van der Waals surface area contributed by atoms with Crippen LogP contribution < -0.4 is 4.57 Å². The SMILES string of the molecule is O=C(C[n+]1ccc2c(c1)[nH]c1ccccc12)c1ccccc1. The highest BCUT2D eigenvalue weighted by molar-refractivity contribution is 6.06. The van der Waals surface area contributed by atoms with Crippen LogP contribution in [0.25, 0.3) is 21.8 Å². The number of hydrogen-bond acceptors (Lipinski definition) is 1. The van der Waals surface area contributed by atoms with Crippen molar-refractivity contribution in [2.45, 2.75) is 6.54 Å². The van der Waals surface area contributed by atoms with E-state index in [1.54, 1.807) is 0 Å². The molecule has 0 atom stereocenters. The van der Waals surface area contributed by atoms with Gasteiger partial charge < -0.3 is 4.98 Å². The van der Waals surface area contributed by atoms with Crippen LogP contribution in [0, 0.1) is 0 Å². The number of pyridine rings is 1. The summed E-state index contributed by atoms with van der Waals surface area (Å²) in [6.45, 7) is 0.343. The number of carbonyl (C=O) groups is 1. The van der Waals surface area contributed by atoms with Crippen LogP contribution in [-0.2, 0) is 6.54 Å². The molecule has 0 aliphatic carbocycles. The van der Waals surface area contributed by atoms with Gasteiger partial charge in [-0.2, -0.15) is 4.57 Å². The van der Waals surface area contributed by atoms with E-state index in [9.17, 15) is 4.79 Å². The Kier molecular flexibility index (Phi) is 2.97. The molecular weight excluding hydrogens is 272 g/mol. The lowest BCUT2D eigenvalue weighted by molar-refractivity contribution is -0.681. The molecule has 0 unspecified atom stereocenters. The van der Waals surface area contributed by atoms with Crippen LogP contribution in [0.4, 0.5) is 0 Å². The largest absolute Gasteiger partial charge is 0.350 e. The quantitative estimate of drug-likeness (QED) is 0.454. The number of para-hydroxylation sites is 1. The minimum absolute atomic E-state index is 0.112. The Morgan fingerprint density at radius 1 is 0.864 bits per heavy atom. The smallest absolute Gasteiger partial charge is 0.227 e. The van der Waals surface area contributed by atoms with Crippen LogP contribution in [0.3, 0.4) is 0 Å². The zero-order valence-corrected chi connectivity index (χ0v) is 12.0. The summed E-state index contributed by atoms with van der Waals surface area (Å²) < 4.78 is 1.92. The third-order valence-corrected chi connectivity index (χ3v) is 3.93. The van der Waals surface area contributed by atoms with Crippen molar-refractivity contribution in [1.29, 1.82) is 0 Å². The van der Waals surface area contributed by atoms with E-state index in [-0.39, 0.29) is 5.78 Å². The first kappa shape index (κ1) is 12.8. The van der Waals surface area contributed by atoms with Crippen molar-refractivity contribution in [3.8, 4) is 0 Å². The second-order valence-electron chi connectivity index (χ2n) is 5.40. The van der Waals surface area contributed by atoms with Crippen molar-refractivity contribution in [3.05, 3.63) is 78.6 Å². The molecule has 3 nitrogen and oxygen atoms in total. The number of fused-ring (bicyclic) bond motifs is 3. The fraction of sp³-hybridized carbons (Fsp3) is 0.0526. The number of benzene rings is 2. The lowest BCUT2D eigenvalue weighted by atomic mass is 10.1. The van der Waals surface area contributed by atoms with E-state index >= 15 is 0 Å². The van der Waals surface area contributed by atoms with Crippen LogP contribution >= 0.6 is 0 Å². The maximum absolute atomic E-state index is 12.3. The van der Waals surface area contributed by atoms with Gasteiger partial charge in [-0.25, -0.2) is 0 Å². The van der Waals surface area contributed by atoms with Gasteiger partial charge in [0.25, 0.3) is 0 Å². The van der Waals surface area contributed by atoms with Crippen LogP contribution in [0.5, 0.6) is 0 Å². The Hall–Kier alpha value is -2.94. The van der Waals surface area contributed by atoms with Gasteiger partial charge in [-0.15, -0.1) is 0 Å². The number of hydrogen-bond donors (Lipinski definition) is 1. The number of nitrogens with one attached hydrogen (secondary N) is 1. The molecule has 22 heavy (non-hydrogen) atoms. The van der Waals surface area contributed by atoms with Crippen LogP contribution in [0.15, 0.2) is 73.1 Å². The minimum Gasteiger partial charge on any atom is -0.350 e. The summed E-state index contributed by atoms with van der Waals surface area (Å²) in [4.78, 5) is 15.7. The van der Waals surface area contributed by atoms with E-state index in [2.05, 4.69) is 23.2 Å². The molecule has 0 spiro atoms. The Morgan fingerprint density at radius 3 is 2.45 bits per heavy atom. The molecule has 0 saturated carbocycles. The Labute approximate surface area is 127 Å². The predicted molar refractivity (Wildman–Crippen MR) is 86.8 cm³/mol. The molecule has 0 aliphatic heterocycles. The van der Waals surface area contributed by atoms with Crippen molar-refractivity contribution in [2.24, 2.45) is 0 Å². The van der Waals surface area contributed by atoms with E-state index in [0.717, 1.165) is 16.6 Å². The van der Waals surface area contributed by atoms with E-state index in [4.69, 9.17) is 0 Å².